The van der Waals surface area contributed by atoms with Crippen LogP contribution in [-0.2, 0) is 6.18 Å². The van der Waals surface area contributed by atoms with Crippen molar-refractivity contribution in [3.8, 4) is 5.69 Å². The van der Waals surface area contributed by atoms with E-state index in [9.17, 15) is 13.2 Å². The van der Waals surface area contributed by atoms with E-state index < -0.39 is 11.9 Å². The van der Waals surface area contributed by atoms with Crippen LogP contribution in [0.1, 0.15) is 5.69 Å². The van der Waals surface area contributed by atoms with Crippen molar-refractivity contribution in [3.63, 3.8) is 0 Å². The average molecular weight is 279 g/mol. The van der Waals surface area contributed by atoms with Crippen molar-refractivity contribution in [1.29, 1.82) is 0 Å². The molecular weight excluding hydrogens is 273 g/mol. The van der Waals surface area contributed by atoms with Crippen LogP contribution in [0.25, 0.3) is 5.69 Å². The van der Waals surface area contributed by atoms with Crippen molar-refractivity contribution in [2.75, 3.05) is 0 Å². The summed E-state index contributed by atoms with van der Waals surface area (Å²) in [6, 6.07) is 6.84. The molecule has 7 heteroatoms. The Morgan fingerprint density at radius 2 is 1.76 bits per heavy atom. The second kappa shape index (κ2) is 4.19. The summed E-state index contributed by atoms with van der Waals surface area (Å²) in [5.74, 6) is 0. The third-order valence-corrected chi connectivity index (χ3v) is 2.57. The predicted octanol–water partition coefficient (Wildman–Crippen LogP) is 4.21. The Morgan fingerprint density at radius 1 is 1.18 bits per heavy atom. The molecule has 0 aliphatic heterocycles. The van der Waals surface area contributed by atoms with Gasteiger partial charge in [-0.05, 0) is 24.3 Å². The predicted molar refractivity (Wildman–Crippen MR) is 61.0 cm³/mol. The maximum atomic E-state index is 12.7. The molecule has 0 unspecified atom stereocenters. The number of nitrogens with one attached hydrogen (secondary N) is 1. The van der Waals surface area contributed by atoms with Gasteiger partial charge in [-0.1, -0.05) is 23.8 Å². The highest BCUT2D eigenvalue weighted by atomic mass is 35.5. The zero-order valence-corrected chi connectivity index (χ0v) is 9.83. The number of hydrogen-bond acceptors (Lipinski definition) is 1. The minimum absolute atomic E-state index is 0.0206. The highest BCUT2D eigenvalue weighted by Gasteiger charge is 2.35. The molecule has 0 spiro atoms. The van der Waals surface area contributed by atoms with E-state index in [1.807, 2.05) is 0 Å². The minimum Gasteiger partial charge on any atom is -0.283 e. The molecule has 0 radical (unpaired) electrons. The van der Waals surface area contributed by atoms with Gasteiger partial charge in [-0.2, -0.15) is 13.2 Å². The molecule has 0 saturated heterocycles. The van der Waals surface area contributed by atoms with Gasteiger partial charge in [0.05, 0.1) is 5.69 Å². The lowest BCUT2D eigenvalue weighted by Gasteiger charge is -2.10. The fourth-order valence-corrected chi connectivity index (χ4v) is 1.72. The normalized spacial score (nSPS) is 11.8. The van der Waals surface area contributed by atoms with Gasteiger partial charge >= 0.3 is 6.18 Å². The van der Waals surface area contributed by atoms with Gasteiger partial charge < -0.3 is 0 Å². The molecule has 90 valence electrons. The van der Waals surface area contributed by atoms with Crippen LogP contribution in [0.5, 0.6) is 0 Å². The average Bonchev–Trinajstić information content (AvgIpc) is 2.61. The number of rotatable bonds is 1. The van der Waals surface area contributed by atoms with Crippen molar-refractivity contribution >= 4 is 23.8 Å². The van der Waals surface area contributed by atoms with Crippen molar-refractivity contribution in [1.82, 2.24) is 9.78 Å². The summed E-state index contributed by atoms with van der Waals surface area (Å²) < 4.78 is 39.0. The molecular formula is C10H6ClF3N2S. The first-order valence-electron chi connectivity index (χ1n) is 4.53. The molecule has 0 aliphatic rings. The summed E-state index contributed by atoms with van der Waals surface area (Å²) >= 11 is 10.4. The Hall–Kier alpha value is -1.27. The Morgan fingerprint density at radius 3 is 2.29 bits per heavy atom. The smallest absolute Gasteiger partial charge is 0.283 e. The second-order valence-electron chi connectivity index (χ2n) is 3.32. The maximum absolute atomic E-state index is 12.7. The molecule has 0 saturated carbocycles. The van der Waals surface area contributed by atoms with Gasteiger partial charge in [0, 0.05) is 11.1 Å². The molecule has 1 aromatic heterocycles. The third kappa shape index (κ3) is 2.53. The molecule has 1 aromatic carbocycles. The van der Waals surface area contributed by atoms with Crippen LogP contribution in [0.15, 0.2) is 30.3 Å². The number of alkyl halides is 3. The molecule has 1 heterocycles. The Kier molecular flexibility index (Phi) is 3.01. The van der Waals surface area contributed by atoms with Crippen molar-refractivity contribution in [2.24, 2.45) is 0 Å². The Balaban J connectivity index is 2.59. The molecule has 2 aromatic rings. The van der Waals surface area contributed by atoms with E-state index in [1.165, 1.54) is 24.3 Å². The molecule has 0 atom stereocenters. The van der Waals surface area contributed by atoms with E-state index in [4.69, 9.17) is 23.8 Å². The van der Waals surface area contributed by atoms with Crippen LogP contribution in [0.4, 0.5) is 13.2 Å². The summed E-state index contributed by atoms with van der Waals surface area (Å²) in [4.78, 5) is 0. The lowest BCUT2D eigenvalue weighted by molar-refractivity contribution is -0.142. The first-order chi connectivity index (χ1) is 7.88. The molecule has 17 heavy (non-hydrogen) atoms. The van der Waals surface area contributed by atoms with E-state index in [2.05, 4.69) is 5.10 Å². The standard InChI is InChI=1S/C10H6ClF3N2S/c11-6-1-3-7(4-2-6)16-8(10(12,13)14)5-9(17)15-16/h1-5H,(H,15,17). The fraction of sp³-hybridized carbons (Fsp3) is 0.100. The highest BCUT2D eigenvalue weighted by molar-refractivity contribution is 7.71. The zero-order chi connectivity index (χ0) is 12.6. The summed E-state index contributed by atoms with van der Waals surface area (Å²) in [6.45, 7) is 0. The lowest BCUT2D eigenvalue weighted by Crippen LogP contribution is -2.13. The van der Waals surface area contributed by atoms with Crippen molar-refractivity contribution in [3.05, 3.63) is 45.7 Å². The van der Waals surface area contributed by atoms with Gasteiger partial charge in [0.1, 0.15) is 10.3 Å². The van der Waals surface area contributed by atoms with Crippen LogP contribution >= 0.6 is 23.8 Å². The number of hydrogen-bond donors (Lipinski definition) is 1. The van der Waals surface area contributed by atoms with Crippen LogP contribution in [0, 0.1) is 4.64 Å². The molecule has 2 nitrogen and oxygen atoms in total. The number of halogens is 4. The van der Waals surface area contributed by atoms with Crippen molar-refractivity contribution < 1.29 is 13.2 Å². The summed E-state index contributed by atoms with van der Waals surface area (Å²) in [6.07, 6.45) is -4.47. The molecule has 0 aliphatic carbocycles. The monoisotopic (exact) mass is 278 g/mol. The van der Waals surface area contributed by atoms with Crippen LogP contribution in [0.2, 0.25) is 5.02 Å². The lowest BCUT2D eigenvalue weighted by atomic mass is 10.3. The number of nitrogens with zero attached hydrogens (tertiary/aromatic N) is 1. The van der Waals surface area contributed by atoms with E-state index >= 15 is 0 Å². The van der Waals surface area contributed by atoms with Gasteiger partial charge in [-0.3, -0.25) is 9.78 Å². The van der Waals surface area contributed by atoms with Gasteiger partial charge in [0.15, 0.2) is 0 Å². The quantitative estimate of drug-likeness (QED) is 0.775. The number of aromatic nitrogens is 2. The first kappa shape index (κ1) is 12.2. The van der Waals surface area contributed by atoms with Crippen molar-refractivity contribution in [2.45, 2.75) is 6.18 Å². The van der Waals surface area contributed by atoms with Gasteiger partial charge in [-0.25, -0.2) is 0 Å². The van der Waals surface area contributed by atoms with Gasteiger partial charge in [-0.15, -0.1) is 0 Å². The van der Waals surface area contributed by atoms with Gasteiger partial charge in [0.2, 0.25) is 0 Å². The van der Waals surface area contributed by atoms with Crippen LogP contribution in [-0.4, -0.2) is 9.78 Å². The summed E-state index contributed by atoms with van der Waals surface area (Å²) in [7, 11) is 0. The Bertz CT molecular complexity index is 583. The van der Waals surface area contributed by atoms with Crippen LogP contribution in [0.3, 0.4) is 0 Å². The number of aromatic amines is 1. The van der Waals surface area contributed by atoms with E-state index in [1.54, 1.807) is 0 Å². The maximum Gasteiger partial charge on any atom is 0.433 e. The van der Waals surface area contributed by atoms with E-state index in [0.717, 1.165) is 10.7 Å². The van der Waals surface area contributed by atoms with Gasteiger partial charge in [0.25, 0.3) is 0 Å². The number of benzene rings is 1. The summed E-state index contributed by atoms with van der Waals surface area (Å²) in [5.41, 5.74) is -0.525. The first-order valence-corrected chi connectivity index (χ1v) is 5.32. The SMILES string of the molecule is FC(F)(F)c1cc(=S)[nH]n1-c1ccc(Cl)cc1. The Labute approximate surface area is 105 Å². The third-order valence-electron chi connectivity index (χ3n) is 2.11. The fourth-order valence-electron chi connectivity index (χ4n) is 1.39. The molecule has 0 amide bonds. The summed E-state index contributed by atoms with van der Waals surface area (Å²) in [5, 5.41) is 2.91. The van der Waals surface area contributed by atoms with Crippen LogP contribution < -0.4 is 0 Å². The molecule has 1 N–H and O–H groups in total. The number of H-pyrrole nitrogens is 1. The second-order valence-corrected chi connectivity index (χ2v) is 4.19. The molecule has 0 fully saturated rings. The minimum atomic E-state index is -4.47. The largest absolute Gasteiger partial charge is 0.433 e. The van der Waals surface area contributed by atoms with E-state index in [-0.39, 0.29) is 4.64 Å². The molecule has 0 bridgehead atoms. The topological polar surface area (TPSA) is 20.7 Å². The zero-order valence-electron chi connectivity index (χ0n) is 8.25. The highest BCUT2D eigenvalue weighted by Crippen LogP contribution is 2.31. The van der Waals surface area contributed by atoms with E-state index in [0.29, 0.717) is 10.7 Å². The molecule has 2 rings (SSSR count).